The lowest BCUT2D eigenvalue weighted by Crippen LogP contribution is -2.40. The molecule has 1 aromatic heterocycles. The van der Waals surface area contributed by atoms with Gasteiger partial charge in [-0.05, 0) is 68.8 Å². The number of urea groups is 1. The standard InChI is InChI=1S/C25H27N3O4S/c1-17(2)26-25(30)28(4)21-9-11-22(12-10-21)32-24(29)13-8-19-6-5-7-23(14-19)31-15-20-16-33-18(3)27-20/h5-14,16-17H,15H2,1-4H3,(H,26,30). The monoisotopic (exact) mass is 465 g/mol. The molecular weight excluding hydrogens is 438 g/mol. The first kappa shape index (κ1) is 24.0. The summed E-state index contributed by atoms with van der Waals surface area (Å²) in [5.41, 5.74) is 2.39. The number of carbonyl (C=O) groups is 2. The molecule has 0 saturated carbocycles. The van der Waals surface area contributed by atoms with Crippen LogP contribution in [0.5, 0.6) is 11.5 Å². The molecule has 2 amide bonds. The lowest BCUT2D eigenvalue weighted by molar-refractivity contribution is -0.128. The van der Waals surface area contributed by atoms with E-state index in [0.29, 0.717) is 23.8 Å². The number of amides is 2. The summed E-state index contributed by atoms with van der Waals surface area (Å²) >= 11 is 1.59. The predicted molar refractivity (Wildman–Crippen MR) is 131 cm³/mol. The molecule has 0 aliphatic carbocycles. The lowest BCUT2D eigenvalue weighted by Gasteiger charge is -2.19. The fraction of sp³-hybridized carbons (Fsp3) is 0.240. The number of anilines is 1. The number of rotatable bonds is 8. The van der Waals surface area contributed by atoms with E-state index in [4.69, 9.17) is 9.47 Å². The van der Waals surface area contributed by atoms with Crippen LogP contribution in [0.1, 0.15) is 30.1 Å². The highest BCUT2D eigenvalue weighted by molar-refractivity contribution is 7.09. The van der Waals surface area contributed by atoms with Crippen molar-refractivity contribution in [1.29, 1.82) is 0 Å². The van der Waals surface area contributed by atoms with Crippen LogP contribution < -0.4 is 19.7 Å². The number of aryl methyl sites for hydroxylation is 1. The highest BCUT2D eigenvalue weighted by Crippen LogP contribution is 2.20. The Labute approximate surface area is 197 Å². The van der Waals surface area contributed by atoms with Crippen LogP contribution in [-0.4, -0.2) is 30.1 Å². The van der Waals surface area contributed by atoms with Crippen LogP contribution in [0.4, 0.5) is 10.5 Å². The molecule has 0 fully saturated rings. The van der Waals surface area contributed by atoms with Crippen molar-refractivity contribution in [1.82, 2.24) is 10.3 Å². The number of nitrogens with one attached hydrogen (secondary N) is 1. The number of ether oxygens (including phenoxy) is 2. The molecule has 0 spiro atoms. The van der Waals surface area contributed by atoms with E-state index in [1.54, 1.807) is 48.7 Å². The van der Waals surface area contributed by atoms with Gasteiger partial charge in [-0.15, -0.1) is 11.3 Å². The highest BCUT2D eigenvalue weighted by Gasteiger charge is 2.12. The Kier molecular flexibility index (Phi) is 8.21. The number of benzene rings is 2. The molecule has 1 heterocycles. The molecule has 3 rings (SSSR count). The molecular formula is C25H27N3O4S. The third kappa shape index (κ3) is 7.47. The van der Waals surface area contributed by atoms with E-state index < -0.39 is 5.97 Å². The molecule has 0 unspecified atom stereocenters. The Morgan fingerprint density at radius 3 is 2.58 bits per heavy atom. The third-order valence-corrected chi connectivity index (χ3v) is 5.30. The summed E-state index contributed by atoms with van der Waals surface area (Å²) in [5.74, 6) is 0.581. The van der Waals surface area contributed by atoms with Gasteiger partial charge in [0.15, 0.2) is 0 Å². The highest BCUT2D eigenvalue weighted by atomic mass is 32.1. The molecule has 3 aromatic rings. The fourth-order valence-electron chi connectivity index (χ4n) is 2.85. The van der Waals surface area contributed by atoms with Crippen LogP contribution in [0.15, 0.2) is 60.0 Å². The number of thiazole rings is 1. The second-order valence-electron chi connectivity index (χ2n) is 7.63. The van der Waals surface area contributed by atoms with Gasteiger partial charge in [-0.3, -0.25) is 4.90 Å². The summed E-state index contributed by atoms with van der Waals surface area (Å²) in [6.45, 7) is 6.14. The van der Waals surface area contributed by atoms with Crippen LogP contribution in [0, 0.1) is 6.92 Å². The Hall–Kier alpha value is -3.65. The van der Waals surface area contributed by atoms with Crippen molar-refractivity contribution in [2.75, 3.05) is 11.9 Å². The number of carbonyl (C=O) groups excluding carboxylic acids is 2. The number of esters is 1. The summed E-state index contributed by atoms with van der Waals surface area (Å²) in [6.07, 6.45) is 3.03. The fourth-order valence-corrected chi connectivity index (χ4v) is 3.45. The van der Waals surface area contributed by atoms with Gasteiger partial charge in [0.2, 0.25) is 0 Å². The molecule has 172 valence electrons. The first-order valence-electron chi connectivity index (χ1n) is 10.5. The molecule has 0 radical (unpaired) electrons. The van der Waals surface area contributed by atoms with Crippen molar-refractivity contribution in [2.24, 2.45) is 0 Å². The topological polar surface area (TPSA) is 80.8 Å². The Morgan fingerprint density at radius 1 is 1.15 bits per heavy atom. The van der Waals surface area contributed by atoms with E-state index in [1.807, 2.05) is 50.4 Å². The lowest BCUT2D eigenvalue weighted by atomic mass is 10.2. The zero-order chi connectivity index (χ0) is 23.8. The van der Waals surface area contributed by atoms with Gasteiger partial charge in [0.25, 0.3) is 0 Å². The van der Waals surface area contributed by atoms with Crippen LogP contribution in [0.3, 0.4) is 0 Å². The molecule has 1 N–H and O–H groups in total. The average molecular weight is 466 g/mol. The first-order chi connectivity index (χ1) is 15.8. The molecule has 8 heteroatoms. The van der Waals surface area contributed by atoms with E-state index in [2.05, 4.69) is 10.3 Å². The molecule has 0 saturated heterocycles. The van der Waals surface area contributed by atoms with Gasteiger partial charge < -0.3 is 14.8 Å². The molecule has 0 atom stereocenters. The van der Waals surface area contributed by atoms with Gasteiger partial charge in [0, 0.05) is 30.2 Å². The number of aromatic nitrogens is 1. The predicted octanol–water partition coefficient (Wildman–Crippen LogP) is 5.20. The summed E-state index contributed by atoms with van der Waals surface area (Å²) < 4.78 is 11.1. The zero-order valence-electron chi connectivity index (χ0n) is 19.1. The first-order valence-corrected chi connectivity index (χ1v) is 11.4. The van der Waals surface area contributed by atoms with Crippen molar-refractivity contribution in [3.05, 3.63) is 76.3 Å². The maximum atomic E-state index is 12.2. The average Bonchev–Trinajstić information content (AvgIpc) is 3.21. The van der Waals surface area contributed by atoms with E-state index in [1.165, 1.54) is 11.0 Å². The largest absolute Gasteiger partial charge is 0.487 e. The normalized spacial score (nSPS) is 10.9. The van der Waals surface area contributed by atoms with E-state index in [0.717, 1.165) is 16.3 Å². The van der Waals surface area contributed by atoms with Gasteiger partial charge >= 0.3 is 12.0 Å². The van der Waals surface area contributed by atoms with Crippen LogP contribution in [0.25, 0.3) is 6.08 Å². The number of hydrogen-bond donors (Lipinski definition) is 1. The molecule has 2 aromatic carbocycles. The van der Waals surface area contributed by atoms with Crippen molar-refractivity contribution in [2.45, 2.75) is 33.4 Å². The van der Waals surface area contributed by atoms with E-state index in [-0.39, 0.29) is 12.1 Å². The third-order valence-electron chi connectivity index (χ3n) is 4.48. The van der Waals surface area contributed by atoms with Gasteiger partial charge in [0.1, 0.15) is 18.1 Å². The quantitative estimate of drug-likeness (QED) is 0.281. The van der Waals surface area contributed by atoms with E-state index >= 15 is 0 Å². The van der Waals surface area contributed by atoms with Crippen LogP contribution in [0.2, 0.25) is 0 Å². The Bertz CT molecular complexity index is 1120. The minimum atomic E-state index is -0.502. The number of nitrogens with zero attached hydrogens (tertiary/aromatic N) is 2. The summed E-state index contributed by atoms with van der Waals surface area (Å²) in [4.78, 5) is 30.2. The zero-order valence-corrected chi connectivity index (χ0v) is 19.9. The summed E-state index contributed by atoms with van der Waals surface area (Å²) in [5, 5.41) is 5.80. The minimum absolute atomic E-state index is 0.0430. The minimum Gasteiger partial charge on any atom is -0.487 e. The molecule has 33 heavy (non-hydrogen) atoms. The second-order valence-corrected chi connectivity index (χ2v) is 8.69. The van der Waals surface area contributed by atoms with Gasteiger partial charge in [0.05, 0.1) is 10.7 Å². The SMILES string of the molecule is Cc1nc(COc2cccc(C=CC(=O)Oc3ccc(N(C)C(=O)NC(C)C)cc3)c2)cs1. The van der Waals surface area contributed by atoms with Crippen LogP contribution >= 0.6 is 11.3 Å². The summed E-state index contributed by atoms with van der Waals surface area (Å²) in [6, 6.07) is 14.0. The maximum absolute atomic E-state index is 12.2. The smallest absolute Gasteiger partial charge is 0.336 e. The van der Waals surface area contributed by atoms with Crippen molar-refractivity contribution in [3.63, 3.8) is 0 Å². The molecule has 0 aliphatic heterocycles. The second kappa shape index (κ2) is 11.3. The maximum Gasteiger partial charge on any atom is 0.336 e. The van der Waals surface area contributed by atoms with Crippen molar-refractivity contribution < 1.29 is 19.1 Å². The Morgan fingerprint density at radius 2 is 1.91 bits per heavy atom. The van der Waals surface area contributed by atoms with Crippen molar-refractivity contribution in [3.8, 4) is 11.5 Å². The van der Waals surface area contributed by atoms with Crippen LogP contribution in [-0.2, 0) is 11.4 Å². The molecule has 0 aliphatic rings. The van der Waals surface area contributed by atoms with Gasteiger partial charge in [-0.25, -0.2) is 14.6 Å². The summed E-state index contributed by atoms with van der Waals surface area (Å²) in [7, 11) is 1.68. The van der Waals surface area contributed by atoms with Gasteiger partial charge in [-0.1, -0.05) is 12.1 Å². The van der Waals surface area contributed by atoms with Crippen molar-refractivity contribution >= 4 is 35.1 Å². The number of hydrogen-bond acceptors (Lipinski definition) is 6. The Balaban J connectivity index is 1.54. The van der Waals surface area contributed by atoms with E-state index in [9.17, 15) is 9.59 Å². The molecule has 7 nitrogen and oxygen atoms in total. The molecule has 0 bridgehead atoms. The van der Waals surface area contributed by atoms with Gasteiger partial charge in [-0.2, -0.15) is 0 Å².